The molecule has 0 aliphatic heterocycles. The summed E-state index contributed by atoms with van der Waals surface area (Å²) in [4.78, 5) is 12.3. The van der Waals surface area contributed by atoms with Crippen molar-refractivity contribution in [1.82, 2.24) is 0 Å². The number of carbonyl (C=O) groups excluding carboxylic acids is 1. The molecule has 0 aliphatic carbocycles. The molecule has 0 radical (unpaired) electrons. The number of amides is 1. The van der Waals surface area contributed by atoms with E-state index >= 15 is 0 Å². The normalized spacial score (nSPS) is 11.9. The van der Waals surface area contributed by atoms with E-state index < -0.39 is 23.6 Å². The second-order valence-electron chi connectivity index (χ2n) is 5.33. The Bertz CT molecular complexity index is 716. The third-order valence-corrected chi connectivity index (χ3v) is 3.67. The van der Waals surface area contributed by atoms with Crippen LogP contribution >= 0.6 is 0 Å². The van der Waals surface area contributed by atoms with Gasteiger partial charge < -0.3 is 10.1 Å². The molecule has 0 aliphatic rings. The van der Waals surface area contributed by atoms with Crippen LogP contribution in [0.2, 0.25) is 0 Å². The van der Waals surface area contributed by atoms with Crippen molar-refractivity contribution in [3.05, 3.63) is 59.2 Å². The van der Waals surface area contributed by atoms with Gasteiger partial charge in [-0.25, -0.2) is 8.78 Å². The number of hydrogen-bond acceptors (Lipinski definition) is 2. The second kappa shape index (κ2) is 7.22. The van der Waals surface area contributed by atoms with Gasteiger partial charge in [0.1, 0.15) is 5.75 Å². The summed E-state index contributed by atoms with van der Waals surface area (Å²) in [6.07, 6.45) is -0.272. The van der Waals surface area contributed by atoms with Gasteiger partial charge in [-0.05, 0) is 49.6 Å². The standard InChI is InChI=1S/C18H19F2NO2/c1-4-16(23-17-7-5-6-11(2)12(17)3)18(22)21-13-8-9-14(19)15(20)10-13/h5-10,16H,4H2,1-3H3,(H,21,22)/t16-/m0/s1. The Morgan fingerprint density at radius 1 is 1.17 bits per heavy atom. The number of anilines is 1. The molecule has 0 spiro atoms. The minimum absolute atomic E-state index is 0.192. The zero-order valence-electron chi connectivity index (χ0n) is 13.3. The van der Waals surface area contributed by atoms with E-state index in [-0.39, 0.29) is 5.69 Å². The summed E-state index contributed by atoms with van der Waals surface area (Å²) in [5.74, 6) is -1.73. The van der Waals surface area contributed by atoms with Gasteiger partial charge in [-0.2, -0.15) is 0 Å². The van der Waals surface area contributed by atoms with E-state index in [0.717, 1.165) is 23.3 Å². The Balaban J connectivity index is 2.12. The van der Waals surface area contributed by atoms with Crippen molar-refractivity contribution in [3.8, 4) is 5.75 Å². The SMILES string of the molecule is CC[C@H](Oc1cccc(C)c1C)C(=O)Nc1ccc(F)c(F)c1. The van der Waals surface area contributed by atoms with Gasteiger partial charge in [0.25, 0.3) is 5.91 Å². The molecule has 2 aromatic carbocycles. The molecular formula is C18H19F2NO2. The molecule has 0 fully saturated rings. The first-order valence-electron chi connectivity index (χ1n) is 7.41. The molecule has 0 bridgehead atoms. The molecule has 23 heavy (non-hydrogen) atoms. The Morgan fingerprint density at radius 3 is 2.57 bits per heavy atom. The second-order valence-corrected chi connectivity index (χ2v) is 5.33. The first kappa shape index (κ1) is 16.9. The molecule has 0 saturated heterocycles. The fraction of sp³-hybridized carbons (Fsp3) is 0.278. The zero-order chi connectivity index (χ0) is 17.0. The van der Waals surface area contributed by atoms with Crippen molar-refractivity contribution in [2.75, 3.05) is 5.32 Å². The highest BCUT2D eigenvalue weighted by molar-refractivity contribution is 5.94. The quantitative estimate of drug-likeness (QED) is 0.888. The predicted molar refractivity (Wildman–Crippen MR) is 85.6 cm³/mol. The molecular weight excluding hydrogens is 300 g/mol. The van der Waals surface area contributed by atoms with E-state index in [4.69, 9.17) is 4.74 Å². The number of halogens is 2. The third kappa shape index (κ3) is 4.06. The van der Waals surface area contributed by atoms with Gasteiger partial charge >= 0.3 is 0 Å². The minimum Gasteiger partial charge on any atom is -0.480 e. The highest BCUT2D eigenvalue weighted by Crippen LogP contribution is 2.23. The maximum atomic E-state index is 13.2. The maximum Gasteiger partial charge on any atom is 0.265 e. The van der Waals surface area contributed by atoms with Crippen molar-refractivity contribution in [2.24, 2.45) is 0 Å². The molecule has 2 rings (SSSR count). The lowest BCUT2D eigenvalue weighted by atomic mass is 10.1. The predicted octanol–water partition coefficient (Wildman–Crippen LogP) is 4.38. The molecule has 1 atom stereocenters. The number of benzene rings is 2. The van der Waals surface area contributed by atoms with Crippen LogP contribution in [-0.2, 0) is 4.79 Å². The van der Waals surface area contributed by atoms with Gasteiger partial charge in [-0.15, -0.1) is 0 Å². The molecule has 0 heterocycles. The van der Waals surface area contributed by atoms with Crippen LogP contribution in [0.25, 0.3) is 0 Å². The highest BCUT2D eigenvalue weighted by atomic mass is 19.2. The van der Waals surface area contributed by atoms with Crippen LogP contribution in [0.1, 0.15) is 24.5 Å². The van der Waals surface area contributed by atoms with Crippen molar-refractivity contribution in [1.29, 1.82) is 0 Å². The van der Waals surface area contributed by atoms with Gasteiger partial charge in [0.15, 0.2) is 17.7 Å². The van der Waals surface area contributed by atoms with E-state index in [2.05, 4.69) is 5.32 Å². The van der Waals surface area contributed by atoms with Crippen LogP contribution in [0, 0.1) is 25.5 Å². The average molecular weight is 319 g/mol. The molecule has 122 valence electrons. The summed E-state index contributed by atoms with van der Waals surface area (Å²) in [6, 6.07) is 8.84. The monoisotopic (exact) mass is 319 g/mol. The van der Waals surface area contributed by atoms with E-state index in [1.54, 1.807) is 6.07 Å². The third-order valence-electron chi connectivity index (χ3n) is 3.67. The lowest BCUT2D eigenvalue weighted by Gasteiger charge is -2.19. The fourth-order valence-electron chi connectivity index (χ4n) is 2.12. The van der Waals surface area contributed by atoms with Crippen LogP contribution in [0.5, 0.6) is 5.75 Å². The molecule has 3 nitrogen and oxygen atoms in total. The molecule has 0 unspecified atom stereocenters. The molecule has 1 amide bonds. The molecule has 0 saturated carbocycles. The topological polar surface area (TPSA) is 38.3 Å². The summed E-state index contributed by atoms with van der Waals surface area (Å²) in [6.45, 7) is 5.70. The Labute approximate surface area is 134 Å². The summed E-state index contributed by atoms with van der Waals surface area (Å²) in [5.41, 5.74) is 2.22. The fourth-order valence-corrected chi connectivity index (χ4v) is 2.12. The Morgan fingerprint density at radius 2 is 1.91 bits per heavy atom. The lowest BCUT2D eigenvalue weighted by molar-refractivity contribution is -0.122. The molecule has 0 aromatic heterocycles. The zero-order valence-corrected chi connectivity index (χ0v) is 13.3. The largest absolute Gasteiger partial charge is 0.480 e. The van der Waals surface area contributed by atoms with Crippen LogP contribution in [-0.4, -0.2) is 12.0 Å². The number of nitrogens with one attached hydrogen (secondary N) is 1. The summed E-state index contributed by atoms with van der Waals surface area (Å²) in [7, 11) is 0. The van der Waals surface area contributed by atoms with Crippen molar-refractivity contribution >= 4 is 11.6 Å². The number of carbonyl (C=O) groups is 1. The van der Waals surface area contributed by atoms with Crippen molar-refractivity contribution in [2.45, 2.75) is 33.3 Å². The summed E-state index contributed by atoms with van der Waals surface area (Å²) < 4.78 is 31.9. The Hall–Kier alpha value is -2.43. The van der Waals surface area contributed by atoms with Gasteiger partial charge in [0.05, 0.1) is 0 Å². The van der Waals surface area contributed by atoms with Crippen LogP contribution in [0.4, 0.5) is 14.5 Å². The lowest BCUT2D eigenvalue weighted by Crippen LogP contribution is -2.32. The Kier molecular flexibility index (Phi) is 5.32. The minimum atomic E-state index is -1.01. The molecule has 2 aromatic rings. The van der Waals surface area contributed by atoms with E-state index in [1.807, 2.05) is 32.9 Å². The summed E-state index contributed by atoms with van der Waals surface area (Å²) in [5, 5.41) is 2.54. The summed E-state index contributed by atoms with van der Waals surface area (Å²) >= 11 is 0. The van der Waals surface area contributed by atoms with Crippen LogP contribution in [0.3, 0.4) is 0 Å². The first-order valence-corrected chi connectivity index (χ1v) is 7.41. The number of ether oxygens (including phenoxy) is 1. The smallest absolute Gasteiger partial charge is 0.265 e. The van der Waals surface area contributed by atoms with Gasteiger partial charge in [0, 0.05) is 11.8 Å². The van der Waals surface area contributed by atoms with Crippen molar-refractivity contribution < 1.29 is 18.3 Å². The highest BCUT2D eigenvalue weighted by Gasteiger charge is 2.20. The van der Waals surface area contributed by atoms with Gasteiger partial charge in [0.2, 0.25) is 0 Å². The van der Waals surface area contributed by atoms with Crippen molar-refractivity contribution in [3.63, 3.8) is 0 Å². The van der Waals surface area contributed by atoms with E-state index in [1.165, 1.54) is 6.07 Å². The number of hydrogen-bond donors (Lipinski definition) is 1. The molecule has 1 N–H and O–H groups in total. The number of rotatable bonds is 5. The maximum absolute atomic E-state index is 13.2. The average Bonchev–Trinajstić information content (AvgIpc) is 2.52. The van der Waals surface area contributed by atoms with Gasteiger partial charge in [-0.3, -0.25) is 4.79 Å². The van der Waals surface area contributed by atoms with Gasteiger partial charge in [-0.1, -0.05) is 19.1 Å². The van der Waals surface area contributed by atoms with E-state index in [0.29, 0.717) is 12.2 Å². The number of aryl methyl sites for hydroxylation is 1. The van der Waals surface area contributed by atoms with E-state index in [9.17, 15) is 13.6 Å². The first-order chi connectivity index (χ1) is 10.9. The molecule has 5 heteroatoms. The van der Waals surface area contributed by atoms with Crippen LogP contribution in [0.15, 0.2) is 36.4 Å². The van der Waals surface area contributed by atoms with Crippen LogP contribution < -0.4 is 10.1 Å².